The SMILES string of the molecule is CCCn1ncc(NC2CC(OCC)C2)c(Cl)c1=O. The van der Waals surface area contributed by atoms with E-state index in [1.807, 2.05) is 13.8 Å². The molecule has 0 amide bonds. The molecule has 5 nitrogen and oxygen atoms in total. The molecule has 2 rings (SSSR count). The number of rotatable bonds is 6. The van der Waals surface area contributed by atoms with Crippen molar-refractivity contribution >= 4 is 17.3 Å². The van der Waals surface area contributed by atoms with Gasteiger partial charge in [0, 0.05) is 19.2 Å². The van der Waals surface area contributed by atoms with Gasteiger partial charge in [-0.15, -0.1) is 0 Å². The van der Waals surface area contributed by atoms with E-state index in [-0.39, 0.29) is 10.6 Å². The van der Waals surface area contributed by atoms with Crippen molar-refractivity contribution in [3.05, 3.63) is 21.6 Å². The van der Waals surface area contributed by atoms with Gasteiger partial charge in [0.25, 0.3) is 5.56 Å². The third-order valence-electron chi connectivity index (χ3n) is 3.28. The minimum Gasteiger partial charge on any atom is -0.379 e. The first kappa shape index (κ1) is 14.3. The third kappa shape index (κ3) is 3.28. The first-order valence-electron chi connectivity index (χ1n) is 6.79. The Hall–Kier alpha value is -1.07. The lowest BCUT2D eigenvalue weighted by molar-refractivity contribution is 0.00298. The summed E-state index contributed by atoms with van der Waals surface area (Å²) < 4.78 is 6.90. The monoisotopic (exact) mass is 285 g/mol. The van der Waals surface area contributed by atoms with Crippen LogP contribution in [0.25, 0.3) is 0 Å². The van der Waals surface area contributed by atoms with Gasteiger partial charge >= 0.3 is 0 Å². The molecule has 0 bridgehead atoms. The van der Waals surface area contributed by atoms with Crippen molar-refractivity contribution in [1.29, 1.82) is 0 Å². The van der Waals surface area contributed by atoms with E-state index in [0.29, 0.717) is 24.4 Å². The molecule has 0 aromatic carbocycles. The molecule has 1 fully saturated rings. The quantitative estimate of drug-likeness (QED) is 0.871. The molecule has 6 heteroatoms. The summed E-state index contributed by atoms with van der Waals surface area (Å²) in [4.78, 5) is 11.9. The standard InChI is InChI=1S/C13H20ClN3O2/c1-3-5-17-13(18)12(14)11(8-15-17)16-9-6-10(7-9)19-4-2/h8-10,16H,3-7H2,1-2H3. The van der Waals surface area contributed by atoms with Crippen molar-refractivity contribution in [2.45, 2.75) is 51.8 Å². The van der Waals surface area contributed by atoms with Crippen LogP contribution in [0.3, 0.4) is 0 Å². The van der Waals surface area contributed by atoms with Crippen molar-refractivity contribution in [2.24, 2.45) is 0 Å². The number of halogens is 1. The highest BCUT2D eigenvalue weighted by atomic mass is 35.5. The molecule has 1 N–H and O–H groups in total. The Morgan fingerprint density at radius 2 is 2.26 bits per heavy atom. The predicted molar refractivity (Wildman–Crippen MR) is 75.9 cm³/mol. The number of aryl methyl sites for hydroxylation is 1. The van der Waals surface area contributed by atoms with E-state index in [4.69, 9.17) is 16.3 Å². The van der Waals surface area contributed by atoms with Crippen LogP contribution in [0, 0.1) is 0 Å². The van der Waals surface area contributed by atoms with Gasteiger partial charge in [0.05, 0.1) is 18.0 Å². The first-order valence-corrected chi connectivity index (χ1v) is 7.17. The van der Waals surface area contributed by atoms with Crippen LogP contribution in [-0.2, 0) is 11.3 Å². The Morgan fingerprint density at radius 3 is 2.89 bits per heavy atom. The second-order valence-electron chi connectivity index (χ2n) is 4.79. The molecule has 0 atom stereocenters. The van der Waals surface area contributed by atoms with Gasteiger partial charge in [0.15, 0.2) is 0 Å². The molecule has 1 aliphatic rings. The zero-order valence-corrected chi connectivity index (χ0v) is 12.1. The molecule has 1 aromatic rings. The number of nitrogens with one attached hydrogen (secondary N) is 1. The summed E-state index contributed by atoms with van der Waals surface area (Å²) in [5.41, 5.74) is 0.396. The molecule has 19 heavy (non-hydrogen) atoms. The molecule has 1 heterocycles. The number of hydrogen-bond donors (Lipinski definition) is 1. The number of nitrogens with zero attached hydrogens (tertiary/aromatic N) is 2. The van der Waals surface area contributed by atoms with E-state index in [1.54, 1.807) is 6.20 Å². The van der Waals surface area contributed by atoms with Crippen molar-refractivity contribution < 1.29 is 4.74 Å². The minimum absolute atomic E-state index is 0.225. The lowest BCUT2D eigenvalue weighted by Crippen LogP contribution is -2.41. The van der Waals surface area contributed by atoms with Crippen LogP contribution in [0.15, 0.2) is 11.0 Å². The van der Waals surface area contributed by atoms with Gasteiger partial charge in [-0.3, -0.25) is 4.79 Å². The maximum Gasteiger partial charge on any atom is 0.287 e. The smallest absolute Gasteiger partial charge is 0.287 e. The van der Waals surface area contributed by atoms with E-state index < -0.39 is 0 Å². The fourth-order valence-corrected chi connectivity index (χ4v) is 2.41. The van der Waals surface area contributed by atoms with Crippen molar-refractivity contribution in [3.63, 3.8) is 0 Å². The third-order valence-corrected chi connectivity index (χ3v) is 3.64. The van der Waals surface area contributed by atoms with Crippen molar-refractivity contribution in [3.8, 4) is 0 Å². The Bertz CT molecular complexity index is 483. The largest absolute Gasteiger partial charge is 0.379 e. The molecule has 0 radical (unpaired) electrons. The molecule has 106 valence electrons. The zero-order chi connectivity index (χ0) is 13.8. The highest BCUT2D eigenvalue weighted by Gasteiger charge is 2.30. The first-order chi connectivity index (χ1) is 9.15. The Morgan fingerprint density at radius 1 is 1.53 bits per heavy atom. The fourth-order valence-electron chi connectivity index (χ4n) is 2.21. The average Bonchev–Trinajstić information content (AvgIpc) is 2.35. The summed E-state index contributed by atoms with van der Waals surface area (Å²) in [5.74, 6) is 0. The number of hydrogen-bond acceptors (Lipinski definition) is 4. The maximum absolute atomic E-state index is 11.9. The van der Waals surface area contributed by atoms with Crippen molar-refractivity contribution in [1.82, 2.24) is 9.78 Å². The van der Waals surface area contributed by atoms with Gasteiger partial charge < -0.3 is 10.1 Å². The van der Waals surface area contributed by atoms with E-state index in [9.17, 15) is 4.79 Å². The van der Waals surface area contributed by atoms with Gasteiger partial charge in [-0.2, -0.15) is 5.10 Å². The van der Waals surface area contributed by atoms with Gasteiger partial charge in [0.1, 0.15) is 5.02 Å². The van der Waals surface area contributed by atoms with Crippen molar-refractivity contribution in [2.75, 3.05) is 11.9 Å². The van der Waals surface area contributed by atoms with Gasteiger partial charge in [-0.25, -0.2) is 4.68 Å². The second kappa shape index (κ2) is 6.39. The molecule has 1 aromatic heterocycles. The normalized spacial score (nSPS) is 22.1. The second-order valence-corrected chi connectivity index (χ2v) is 5.17. The van der Waals surface area contributed by atoms with Crippen LogP contribution in [0.4, 0.5) is 5.69 Å². The summed E-state index contributed by atoms with van der Waals surface area (Å²) in [6.07, 6.45) is 4.71. The summed E-state index contributed by atoms with van der Waals surface area (Å²) in [5, 5.41) is 7.60. The number of aromatic nitrogens is 2. The molecule has 0 spiro atoms. The van der Waals surface area contributed by atoms with Gasteiger partial charge in [0.2, 0.25) is 0 Å². The van der Waals surface area contributed by atoms with Gasteiger partial charge in [-0.1, -0.05) is 18.5 Å². The molecule has 0 saturated heterocycles. The zero-order valence-electron chi connectivity index (χ0n) is 11.4. The predicted octanol–water partition coefficient (Wildman–Crippen LogP) is 2.29. The number of anilines is 1. The van der Waals surface area contributed by atoms with E-state index >= 15 is 0 Å². The summed E-state index contributed by atoms with van der Waals surface area (Å²) in [6.45, 7) is 5.33. The highest BCUT2D eigenvalue weighted by molar-refractivity contribution is 6.32. The highest BCUT2D eigenvalue weighted by Crippen LogP contribution is 2.28. The van der Waals surface area contributed by atoms with Crippen LogP contribution in [0.5, 0.6) is 0 Å². The van der Waals surface area contributed by atoms with Crippen LogP contribution in [0.2, 0.25) is 5.02 Å². The van der Waals surface area contributed by atoms with Crippen LogP contribution < -0.4 is 10.9 Å². The van der Waals surface area contributed by atoms with Crippen LogP contribution in [0.1, 0.15) is 33.1 Å². The summed E-state index contributed by atoms with van der Waals surface area (Å²) >= 11 is 6.09. The molecule has 0 unspecified atom stereocenters. The summed E-state index contributed by atoms with van der Waals surface area (Å²) in [7, 11) is 0. The van der Waals surface area contributed by atoms with E-state index in [0.717, 1.165) is 25.9 Å². The Kier molecular flexibility index (Phi) is 4.82. The van der Waals surface area contributed by atoms with Crippen LogP contribution in [-0.4, -0.2) is 28.5 Å². The summed E-state index contributed by atoms with van der Waals surface area (Å²) in [6, 6.07) is 0.317. The Labute approximate surface area is 117 Å². The topological polar surface area (TPSA) is 56.1 Å². The molecule has 1 aliphatic carbocycles. The lowest BCUT2D eigenvalue weighted by Gasteiger charge is -2.36. The van der Waals surface area contributed by atoms with E-state index in [1.165, 1.54) is 4.68 Å². The molecule has 0 aliphatic heterocycles. The molecular formula is C13H20ClN3O2. The van der Waals surface area contributed by atoms with Gasteiger partial charge in [-0.05, 0) is 26.2 Å². The van der Waals surface area contributed by atoms with Crippen LogP contribution >= 0.6 is 11.6 Å². The molecule has 1 saturated carbocycles. The minimum atomic E-state index is -0.228. The molecular weight excluding hydrogens is 266 g/mol. The van der Waals surface area contributed by atoms with E-state index in [2.05, 4.69) is 10.4 Å². The number of ether oxygens (including phenoxy) is 1. The Balaban J connectivity index is 1.99. The fraction of sp³-hybridized carbons (Fsp3) is 0.692. The lowest BCUT2D eigenvalue weighted by atomic mass is 9.89. The maximum atomic E-state index is 11.9. The average molecular weight is 286 g/mol.